The summed E-state index contributed by atoms with van der Waals surface area (Å²) >= 11 is 7.40. The third-order valence-electron chi connectivity index (χ3n) is 3.13. The van der Waals surface area contributed by atoms with Crippen molar-refractivity contribution in [3.05, 3.63) is 63.8 Å². The molecule has 2 heterocycles. The molecule has 0 spiro atoms. The normalized spacial score (nSPS) is 11.7. The van der Waals surface area contributed by atoms with Gasteiger partial charge >= 0.3 is 0 Å². The molecular weight excluding hydrogens is 334 g/mol. The Morgan fingerprint density at radius 2 is 2.13 bits per heavy atom. The summed E-state index contributed by atoms with van der Waals surface area (Å²) in [4.78, 5) is 10.7. The second-order valence-corrected chi connectivity index (χ2v) is 6.14. The Morgan fingerprint density at radius 3 is 2.83 bits per heavy atom. The first-order valence-electron chi connectivity index (χ1n) is 6.85. The molecule has 7 heteroatoms. The van der Waals surface area contributed by atoms with E-state index in [4.69, 9.17) is 26.6 Å². The number of oxazole rings is 1. The monoisotopic (exact) mass is 347 g/mol. The quantitative estimate of drug-likeness (QED) is 0.426. The molecule has 0 bridgehead atoms. The molecule has 23 heavy (non-hydrogen) atoms. The molecule has 0 fully saturated rings. The zero-order valence-corrected chi connectivity index (χ0v) is 13.9. The van der Waals surface area contributed by atoms with Crippen molar-refractivity contribution in [3.8, 4) is 10.8 Å². The summed E-state index contributed by atoms with van der Waals surface area (Å²) in [5.41, 5.74) is 7.31. The molecule has 0 aliphatic carbocycles. The summed E-state index contributed by atoms with van der Waals surface area (Å²) < 4.78 is 5.64. The molecule has 5 nitrogen and oxygen atoms in total. The van der Waals surface area contributed by atoms with Crippen LogP contribution in [0, 0.1) is 6.92 Å². The smallest absolute Gasteiger partial charge is 0.236 e. The number of thiophene rings is 1. The van der Waals surface area contributed by atoms with Crippen molar-refractivity contribution < 1.29 is 9.25 Å². The van der Waals surface area contributed by atoms with Gasteiger partial charge in [0, 0.05) is 10.6 Å². The minimum atomic E-state index is 0.189. The number of aromatic nitrogens is 1. The fraction of sp³-hybridized carbons (Fsp3) is 0.125. The Kier molecular flexibility index (Phi) is 4.64. The lowest BCUT2D eigenvalue weighted by atomic mass is 10.2. The predicted molar refractivity (Wildman–Crippen MR) is 91.5 cm³/mol. The highest BCUT2D eigenvalue weighted by Gasteiger charge is 2.12. The molecule has 0 aliphatic rings. The third-order valence-corrected chi connectivity index (χ3v) is 4.24. The van der Waals surface area contributed by atoms with E-state index in [0.717, 1.165) is 10.4 Å². The van der Waals surface area contributed by atoms with Gasteiger partial charge in [0.05, 0.1) is 4.88 Å². The van der Waals surface area contributed by atoms with Gasteiger partial charge in [-0.15, -0.1) is 11.3 Å². The van der Waals surface area contributed by atoms with E-state index in [1.807, 2.05) is 24.4 Å². The Hall–Kier alpha value is -2.31. The number of nitrogens with zero attached hydrogens (tertiary/aromatic N) is 2. The molecular formula is C16H14ClN3O2S. The van der Waals surface area contributed by atoms with Crippen LogP contribution in [0.3, 0.4) is 0 Å². The van der Waals surface area contributed by atoms with Gasteiger partial charge in [-0.3, -0.25) is 0 Å². The SMILES string of the molecule is Cc1oc(-c2cccs2)nc1CON=C(N)c1ccc(Cl)cc1. The first-order chi connectivity index (χ1) is 11.1. The lowest BCUT2D eigenvalue weighted by Gasteiger charge is -2.01. The largest absolute Gasteiger partial charge is 0.440 e. The van der Waals surface area contributed by atoms with Crippen molar-refractivity contribution in [2.75, 3.05) is 0 Å². The molecule has 0 atom stereocenters. The summed E-state index contributed by atoms with van der Waals surface area (Å²) in [6.07, 6.45) is 0. The predicted octanol–water partition coefficient (Wildman–Crippen LogP) is 4.20. The van der Waals surface area contributed by atoms with Crippen LogP contribution in [0.15, 0.2) is 51.4 Å². The van der Waals surface area contributed by atoms with Crippen LogP contribution < -0.4 is 5.73 Å². The molecule has 0 saturated carbocycles. The van der Waals surface area contributed by atoms with Gasteiger partial charge in [0.2, 0.25) is 5.89 Å². The maximum Gasteiger partial charge on any atom is 0.236 e. The van der Waals surface area contributed by atoms with E-state index in [1.165, 1.54) is 0 Å². The minimum absolute atomic E-state index is 0.189. The Bertz CT molecular complexity index is 810. The molecule has 0 radical (unpaired) electrons. The number of rotatable bonds is 5. The second kappa shape index (κ2) is 6.85. The van der Waals surface area contributed by atoms with Gasteiger partial charge in [-0.25, -0.2) is 4.98 Å². The van der Waals surface area contributed by atoms with E-state index >= 15 is 0 Å². The van der Waals surface area contributed by atoms with Gasteiger partial charge in [-0.05, 0) is 42.6 Å². The Labute approximate surface area is 142 Å². The lowest BCUT2D eigenvalue weighted by molar-refractivity contribution is 0.127. The van der Waals surface area contributed by atoms with Crippen LogP contribution in [0.5, 0.6) is 0 Å². The van der Waals surface area contributed by atoms with E-state index < -0.39 is 0 Å². The number of oxime groups is 1. The van der Waals surface area contributed by atoms with E-state index in [0.29, 0.717) is 22.4 Å². The van der Waals surface area contributed by atoms with Gasteiger partial charge in [-0.1, -0.05) is 22.8 Å². The van der Waals surface area contributed by atoms with Gasteiger partial charge in [-0.2, -0.15) is 0 Å². The molecule has 118 valence electrons. The molecule has 0 aliphatic heterocycles. The van der Waals surface area contributed by atoms with Gasteiger partial charge in [0.25, 0.3) is 0 Å². The van der Waals surface area contributed by atoms with Crippen LogP contribution in [-0.2, 0) is 11.4 Å². The molecule has 3 rings (SSSR count). The first kappa shape index (κ1) is 15.6. The maximum absolute atomic E-state index is 5.87. The highest BCUT2D eigenvalue weighted by atomic mass is 35.5. The average molecular weight is 348 g/mol. The van der Waals surface area contributed by atoms with Crippen LogP contribution in [0.25, 0.3) is 10.8 Å². The molecule has 3 aromatic rings. The highest BCUT2D eigenvalue weighted by Crippen LogP contribution is 2.26. The standard InChI is InChI=1S/C16H14ClN3O2S/c1-10-13(19-16(22-10)14-3-2-8-23-14)9-21-20-15(18)11-4-6-12(17)7-5-11/h2-8H,9H2,1H3,(H2,18,20). The first-order valence-corrected chi connectivity index (χ1v) is 8.11. The van der Waals surface area contributed by atoms with Crippen molar-refractivity contribution in [2.45, 2.75) is 13.5 Å². The van der Waals surface area contributed by atoms with Crippen molar-refractivity contribution in [1.82, 2.24) is 4.98 Å². The van der Waals surface area contributed by atoms with Gasteiger partial charge < -0.3 is 15.0 Å². The number of nitrogens with two attached hydrogens (primary N) is 1. The van der Waals surface area contributed by atoms with E-state index in [9.17, 15) is 0 Å². The Balaban J connectivity index is 1.66. The number of halogens is 1. The molecule has 0 saturated heterocycles. The van der Waals surface area contributed by atoms with Crippen molar-refractivity contribution in [1.29, 1.82) is 0 Å². The lowest BCUT2D eigenvalue weighted by Crippen LogP contribution is -2.13. The van der Waals surface area contributed by atoms with Crippen LogP contribution in [0.1, 0.15) is 17.0 Å². The molecule has 2 N–H and O–H groups in total. The third kappa shape index (κ3) is 3.72. The van der Waals surface area contributed by atoms with Crippen LogP contribution >= 0.6 is 22.9 Å². The molecule has 0 amide bonds. The highest BCUT2D eigenvalue weighted by molar-refractivity contribution is 7.13. The van der Waals surface area contributed by atoms with E-state index in [-0.39, 0.29) is 12.4 Å². The molecule has 0 unspecified atom stereocenters. The minimum Gasteiger partial charge on any atom is -0.440 e. The summed E-state index contributed by atoms with van der Waals surface area (Å²) in [5.74, 6) is 1.57. The fourth-order valence-electron chi connectivity index (χ4n) is 1.90. The molecule has 1 aromatic carbocycles. The summed E-state index contributed by atoms with van der Waals surface area (Å²) in [6, 6.07) is 11.0. The van der Waals surface area contributed by atoms with E-state index in [1.54, 1.807) is 35.6 Å². The number of hydrogen-bond donors (Lipinski definition) is 1. The number of aryl methyl sites for hydroxylation is 1. The average Bonchev–Trinajstić information content (AvgIpc) is 3.18. The number of benzene rings is 1. The summed E-state index contributed by atoms with van der Waals surface area (Å²) in [7, 11) is 0. The summed E-state index contributed by atoms with van der Waals surface area (Å²) in [5, 5.41) is 6.52. The second-order valence-electron chi connectivity index (χ2n) is 4.76. The summed E-state index contributed by atoms with van der Waals surface area (Å²) in [6.45, 7) is 2.03. The van der Waals surface area contributed by atoms with Crippen LogP contribution in [0.2, 0.25) is 5.02 Å². The zero-order valence-electron chi connectivity index (χ0n) is 12.3. The molecule has 2 aromatic heterocycles. The fourth-order valence-corrected chi connectivity index (χ4v) is 2.68. The number of amidine groups is 1. The van der Waals surface area contributed by atoms with Crippen molar-refractivity contribution >= 4 is 28.8 Å². The topological polar surface area (TPSA) is 73.6 Å². The van der Waals surface area contributed by atoms with Crippen molar-refractivity contribution in [2.24, 2.45) is 10.9 Å². The Morgan fingerprint density at radius 1 is 1.35 bits per heavy atom. The van der Waals surface area contributed by atoms with E-state index in [2.05, 4.69) is 10.1 Å². The zero-order chi connectivity index (χ0) is 16.2. The van der Waals surface area contributed by atoms with Crippen LogP contribution in [-0.4, -0.2) is 10.8 Å². The number of hydrogen-bond acceptors (Lipinski definition) is 5. The van der Waals surface area contributed by atoms with Gasteiger partial charge in [0.15, 0.2) is 12.4 Å². The van der Waals surface area contributed by atoms with Crippen LogP contribution in [0.4, 0.5) is 0 Å². The maximum atomic E-state index is 5.87. The van der Waals surface area contributed by atoms with Gasteiger partial charge in [0.1, 0.15) is 11.5 Å². The van der Waals surface area contributed by atoms with Crippen molar-refractivity contribution in [3.63, 3.8) is 0 Å².